The SMILES string of the molecule is CC(C)C(N)C(=O)NC(CCCCN)C(=O)NC(CCCCN)C(=O)NCC(=O)O. The molecule has 11 heteroatoms. The van der Waals surface area contributed by atoms with Gasteiger partial charge in [-0.3, -0.25) is 19.2 Å². The molecule has 0 radical (unpaired) electrons. The summed E-state index contributed by atoms with van der Waals surface area (Å²) in [7, 11) is 0. The van der Waals surface area contributed by atoms with Crippen LogP contribution in [-0.2, 0) is 19.2 Å². The lowest BCUT2D eigenvalue weighted by molar-refractivity contribution is -0.138. The Balaban J connectivity index is 5.22. The van der Waals surface area contributed by atoms with E-state index >= 15 is 0 Å². The molecule has 3 unspecified atom stereocenters. The van der Waals surface area contributed by atoms with Gasteiger partial charge in [-0.2, -0.15) is 0 Å². The van der Waals surface area contributed by atoms with Gasteiger partial charge in [0.1, 0.15) is 18.6 Å². The van der Waals surface area contributed by atoms with Crippen molar-refractivity contribution in [2.24, 2.45) is 23.1 Å². The Kier molecular flexibility index (Phi) is 14.4. The van der Waals surface area contributed by atoms with E-state index in [0.717, 1.165) is 0 Å². The summed E-state index contributed by atoms with van der Waals surface area (Å²) in [6.45, 7) is 3.93. The monoisotopic (exact) mass is 430 g/mol. The van der Waals surface area contributed by atoms with E-state index in [1.165, 1.54) is 0 Å². The second kappa shape index (κ2) is 15.6. The minimum atomic E-state index is -1.19. The summed E-state index contributed by atoms with van der Waals surface area (Å²) < 4.78 is 0. The third-order valence-corrected chi connectivity index (χ3v) is 4.59. The summed E-state index contributed by atoms with van der Waals surface area (Å²) in [6, 6.07) is -2.58. The number of rotatable bonds is 16. The zero-order valence-corrected chi connectivity index (χ0v) is 18.0. The second-order valence-corrected chi connectivity index (χ2v) is 7.57. The highest BCUT2D eigenvalue weighted by molar-refractivity contribution is 5.93. The summed E-state index contributed by atoms with van der Waals surface area (Å²) in [4.78, 5) is 48.2. The van der Waals surface area contributed by atoms with Crippen molar-refractivity contribution < 1.29 is 24.3 Å². The van der Waals surface area contributed by atoms with Gasteiger partial charge in [0.25, 0.3) is 0 Å². The number of carbonyl (C=O) groups is 4. The van der Waals surface area contributed by atoms with E-state index in [4.69, 9.17) is 22.3 Å². The predicted octanol–water partition coefficient (Wildman–Crippen LogP) is -1.60. The maximum atomic E-state index is 12.8. The van der Waals surface area contributed by atoms with Crippen LogP contribution in [0.3, 0.4) is 0 Å². The second-order valence-electron chi connectivity index (χ2n) is 7.57. The fourth-order valence-corrected chi connectivity index (χ4v) is 2.65. The molecule has 30 heavy (non-hydrogen) atoms. The van der Waals surface area contributed by atoms with Crippen LogP contribution in [0.4, 0.5) is 0 Å². The molecule has 0 saturated heterocycles. The van der Waals surface area contributed by atoms with Gasteiger partial charge in [-0.1, -0.05) is 13.8 Å². The van der Waals surface area contributed by atoms with E-state index in [9.17, 15) is 19.2 Å². The van der Waals surface area contributed by atoms with Crippen LogP contribution in [0.5, 0.6) is 0 Å². The molecular formula is C19H38N6O5. The van der Waals surface area contributed by atoms with Gasteiger partial charge in [0.2, 0.25) is 17.7 Å². The number of nitrogens with two attached hydrogens (primary N) is 3. The van der Waals surface area contributed by atoms with E-state index in [2.05, 4.69) is 16.0 Å². The average molecular weight is 431 g/mol. The summed E-state index contributed by atoms with van der Waals surface area (Å²) >= 11 is 0. The Morgan fingerprint density at radius 3 is 1.70 bits per heavy atom. The van der Waals surface area contributed by atoms with Crippen molar-refractivity contribution in [2.45, 2.75) is 70.5 Å². The van der Waals surface area contributed by atoms with Crippen LogP contribution in [0, 0.1) is 5.92 Å². The Morgan fingerprint density at radius 2 is 1.27 bits per heavy atom. The molecule has 0 aliphatic carbocycles. The van der Waals surface area contributed by atoms with E-state index in [1.54, 1.807) is 13.8 Å². The van der Waals surface area contributed by atoms with Crippen molar-refractivity contribution in [3.63, 3.8) is 0 Å². The number of unbranched alkanes of at least 4 members (excludes halogenated alkanes) is 2. The fraction of sp³-hybridized carbons (Fsp3) is 0.789. The third-order valence-electron chi connectivity index (χ3n) is 4.59. The molecule has 3 amide bonds. The van der Waals surface area contributed by atoms with Gasteiger partial charge in [-0.25, -0.2) is 0 Å². The van der Waals surface area contributed by atoms with E-state index in [0.29, 0.717) is 51.6 Å². The lowest BCUT2D eigenvalue weighted by Crippen LogP contribution is -2.56. The average Bonchev–Trinajstić information content (AvgIpc) is 2.69. The van der Waals surface area contributed by atoms with Crippen molar-refractivity contribution in [2.75, 3.05) is 19.6 Å². The Labute approximate surface area is 177 Å². The first-order chi connectivity index (χ1) is 14.1. The summed E-state index contributed by atoms with van der Waals surface area (Å²) in [5.41, 5.74) is 16.9. The first kappa shape index (κ1) is 27.8. The number of nitrogens with one attached hydrogen (secondary N) is 3. The van der Waals surface area contributed by atoms with Gasteiger partial charge in [-0.05, 0) is 57.5 Å². The maximum Gasteiger partial charge on any atom is 0.322 e. The van der Waals surface area contributed by atoms with Gasteiger partial charge in [0.15, 0.2) is 0 Å². The van der Waals surface area contributed by atoms with Crippen LogP contribution in [0.1, 0.15) is 52.4 Å². The zero-order chi connectivity index (χ0) is 23.1. The standard InChI is InChI=1S/C19H38N6O5/c1-12(2)16(22)19(30)25-14(8-4-6-10-21)18(29)24-13(7-3-5-9-20)17(28)23-11-15(26)27/h12-14,16H,3-11,20-22H2,1-2H3,(H,23,28)(H,24,29)(H,25,30)(H,26,27). The topological polar surface area (TPSA) is 203 Å². The van der Waals surface area contributed by atoms with Crippen LogP contribution in [-0.4, -0.2) is 66.6 Å². The lowest BCUT2D eigenvalue weighted by Gasteiger charge is -2.25. The fourth-order valence-electron chi connectivity index (χ4n) is 2.65. The van der Waals surface area contributed by atoms with Crippen LogP contribution >= 0.6 is 0 Å². The van der Waals surface area contributed by atoms with Crippen molar-refractivity contribution in [1.82, 2.24) is 16.0 Å². The molecule has 0 heterocycles. The van der Waals surface area contributed by atoms with Gasteiger partial charge < -0.3 is 38.3 Å². The molecule has 11 nitrogen and oxygen atoms in total. The molecule has 3 atom stereocenters. The molecule has 0 saturated carbocycles. The van der Waals surface area contributed by atoms with Crippen molar-refractivity contribution in [3.05, 3.63) is 0 Å². The number of hydrogen-bond donors (Lipinski definition) is 7. The first-order valence-electron chi connectivity index (χ1n) is 10.4. The number of carbonyl (C=O) groups excluding carboxylic acids is 3. The van der Waals surface area contributed by atoms with Crippen molar-refractivity contribution in [1.29, 1.82) is 0 Å². The molecule has 0 spiro atoms. The van der Waals surface area contributed by atoms with Gasteiger partial charge in [-0.15, -0.1) is 0 Å². The molecule has 0 aromatic rings. The highest BCUT2D eigenvalue weighted by Crippen LogP contribution is 2.07. The zero-order valence-electron chi connectivity index (χ0n) is 18.0. The minimum Gasteiger partial charge on any atom is -0.480 e. The molecular weight excluding hydrogens is 392 g/mol. The molecule has 0 bridgehead atoms. The summed E-state index contributed by atoms with van der Waals surface area (Å²) in [6.07, 6.45) is 3.14. The van der Waals surface area contributed by atoms with Crippen molar-refractivity contribution in [3.8, 4) is 0 Å². The van der Waals surface area contributed by atoms with E-state index in [1.807, 2.05) is 0 Å². The number of amides is 3. The van der Waals surface area contributed by atoms with Crippen LogP contribution in [0.25, 0.3) is 0 Å². The van der Waals surface area contributed by atoms with E-state index in [-0.39, 0.29) is 5.92 Å². The first-order valence-corrected chi connectivity index (χ1v) is 10.4. The predicted molar refractivity (Wildman–Crippen MR) is 113 cm³/mol. The largest absolute Gasteiger partial charge is 0.480 e. The Hall–Kier alpha value is -2.24. The van der Waals surface area contributed by atoms with Crippen molar-refractivity contribution >= 4 is 23.7 Å². The number of carboxylic acids is 1. The number of hydrogen-bond acceptors (Lipinski definition) is 7. The number of carboxylic acid groups (broad SMARTS) is 1. The molecule has 10 N–H and O–H groups in total. The Morgan fingerprint density at radius 1 is 0.800 bits per heavy atom. The smallest absolute Gasteiger partial charge is 0.322 e. The van der Waals surface area contributed by atoms with Gasteiger partial charge in [0, 0.05) is 0 Å². The molecule has 0 aliphatic heterocycles. The Bertz CT molecular complexity index is 558. The normalized spacial score (nSPS) is 13.9. The highest BCUT2D eigenvalue weighted by atomic mass is 16.4. The molecule has 0 aliphatic rings. The molecule has 0 aromatic carbocycles. The number of aliphatic carboxylic acids is 1. The quantitative estimate of drug-likeness (QED) is 0.142. The third kappa shape index (κ3) is 11.7. The lowest BCUT2D eigenvalue weighted by atomic mass is 10.0. The molecule has 0 fully saturated rings. The van der Waals surface area contributed by atoms with E-state index < -0.39 is 48.4 Å². The summed E-state index contributed by atoms with van der Waals surface area (Å²) in [5, 5.41) is 16.3. The van der Waals surface area contributed by atoms with Crippen LogP contribution in [0.2, 0.25) is 0 Å². The maximum absolute atomic E-state index is 12.8. The molecule has 0 rings (SSSR count). The molecule has 0 aromatic heterocycles. The van der Waals surface area contributed by atoms with Gasteiger partial charge in [0.05, 0.1) is 6.04 Å². The summed E-state index contributed by atoms with van der Waals surface area (Å²) in [5.74, 6) is -2.88. The van der Waals surface area contributed by atoms with Crippen LogP contribution in [0.15, 0.2) is 0 Å². The van der Waals surface area contributed by atoms with Gasteiger partial charge >= 0.3 is 5.97 Å². The molecule has 174 valence electrons. The highest BCUT2D eigenvalue weighted by Gasteiger charge is 2.28. The van der Waals surface area contributed by atoms with Crippen LogP contribution < -0.4 is 33.2 Å². The minimum absolute atomic E-state index is 0.108.